The molecule has 1 aliphatic heterocycles. The quantitative estimate of drug-likeness (QED) is 0.748. The number of hydrogen-bond donors (Lipinski definition) is 1. The van der Waals surface area contributed by atoms with E-state index in [9.17, 15) is 13.2 Å². The van der Waals surface area contributed by atoms with Crippen LogP contribution in [0.4, 0.5) is 4.79 Å². The van der Waals surface area contributed by atoms with Crippen molar-refractivity contribution in [3.63, 3.8) is 0 Å². The number of hydrogen-bond acceptors (Lipinski definition) is 4. The number of halogens is 2. The van der Waals surface area contributed by atoms with Gasteiger partial charge >= 0.3 is 6.03 Å². The minimum absolute atomic E-state index is 0.0644. The first-order valence-electron chi connectivity index (χ1n) is 6.98. The molecule has 1 aliphatic rings. The van der Waals surface area contributed by atoms with E-state index >= 15 is 0 Å². The third kappa shape index (κ3) is 4.36. The number of carbonyl (C=O) groups excluding carboxylic acids is 1. The van der Waals surface area contributed by atoms with Gasteiger partial charge in [0.2, 0.25) is 10.0 Å². The highest BCUT2D eigenvalue weighted by atomic mass is 79.9. The molecule has 1 fully saturated rings. The summed E-state index contributed by atoms with van der Waals surface area (Å²) in [6.07, 6.45) is 0. The molecule has 1 heterocycles. The van der Waals surface area contributed by atoms with Gasteiger partial charge in [0.15, 0.2) is 0 Å². The molecule has 0 aliphatic carbocycles. The fraction of sp³-hybridized carbons (Fsp3) is 0.462. The summed E-state index contributed by atoms with van der Waals surface area (Å²) in [6, 6.07) is 4.27. The Morgan fingerprint density at radius 1 is 1.35 bits per heavy atom. The van der Waals surface area contributed by atoms with Crippen molar-refractivity contribution >= 4 is 43.6 Å². The van der Waals surface area contributed by atoms with Crippen LogP contribution in [0.2, 0.25) is 5.02 Å². The number of urea groups is 1. The number of carbonyl (C=O) groups is 1. The van der Waals surface area contributed by atoms with Gasteiger partial charge < -0.3 is 4.90 Å². The van der Waals surface area contributed by atoms with E-state index in [0.717, 1.165) is 0 Å². The molecule has 128 valence electrons. The van der Waals surface area contributed by atoms with Crippen LogP contribution < -0.4 is 5.48 Å². The minimum atomic E-state index is -3.68. The number of piperazine rings is 1. The summed E-state index contributed by atoms with van der Waals surface area (Å²) in [6.45, 7) is 3.09. The summed E-state index contributed by atoms with van der Waals surface area (Å²) in [5.74, 6) is 0. The van der Waals surface area contributed by atoms with E-state index in [4.69, 9.17) is 16.4 Å². The normalized spacial score (nSPS) is 16.4. The second kappa shape index (κ2) is 7.80. The maximum absolute atomic E-state index is 12.7. The molecular weight excluding hydrogens is 410 g/mol. The monoisotopic (exact) mass is 425 g/mol. The average Bonchev–Trinajstić information content (AvgIpc) is 2.52. The third-order valence-electron chi connectivity index (χ3n) is 3.34. The lowest BCUT2D eigenvalue weighted by Gasteiger charge is -2.33. The first-order valence-corrected chi connectivity index (χ1v) is 9.59. The van der Waals surface area contributed by atoms with Gasteiger partial charge in [0, 0.05) is 30.7 Å². The van der Waals surface area contributed by atoms with Gasteiger partial charge in [0.1, 0.15) is 4.90 Å². The van der Waals surface area contributed by atoms with Crippen molar-refractivity contribution in [1.29, 1.82) is 0 Å². The highest BCUT2D eigenvalue weighted by Crippen LogP contribution is 2.28. The van der Waals surface area contributed by atoms with Crippen LogP contribution in [0, 0.1) is 0 Å². The van der Waals surface area contributed by atoms with E-state index in [1.54, 1.807) is 19.1 Å². The van der Waals surface area contributed by atoms with E-state index in [1.165, 1.54) is 15.3 Å². The van der Waals surface area contributed by atoms with Crippen molar-refractivity contribution in [2.45, 2.75) is 11.8 Å². The molecule has 0 aromatic heterocycles. The largest absolute Gasteiger partial charge is 0.341 e. The summed E-state index contributed by atoms with van der Waals surface area (Å²) in [5, 5.41) is 0.163. The lowest BCUT2D eigenvalue weighted by molar-refractivity contribution is 0.0515. The van der Waals surface area contributed by atoms with Crippen molar-refractivity contribution in [1.82, 2.24) is 14.7 Å². The highest BCUT2D eigenvalue weighted by molar-refractivity contribution is 9.10. The van der Waals surface area contributed by atoms with Crippen LogP contribution >= 0.6 is 27.5 Å². The number of amides is 2. The van der Waals surface area contributed by atoms with Gasteiger partial charge in [-0.25, -0.2) is 18.7 Å². The molecule has 0 unspecified atom stereocenters. The van der Waals surface area contributed by atoms with Crippen molar-refractivity contribution in [2.75, 3.05) is 32.8 Å². The van der Waals surface area contributed by atoms with E-state index < -0.39 is 10.0 Å². The molecule has 1 aromatic rings. The number of rotatable bonds is 4. The molecule has 0 saturated carbocycles. The predicted molar refractivity (Wildman–Crippen MR) is 89.6 cm³/mol. The zero-order chi connectivity index (χ0) is 17.0. The topological polar surface area (TPSA) is 79.0 Å². The molecular formula is C13H17BrClN3O4S. The Labute approximate surface area is 148 Å². The van der Waals surface area contributed by atoms with Crippen LogP contribution in [-0.4, -0.2) is 56.4 Å². The first kappa shape index (κ1) is 18.5. The van der Waals surface area contributed by atoms with Gasteiger partial charge in [0.25, 0.3) is 0 Å². The number of nitrogens with one attached hydrogen (secondary N) is 1. The summed E-state index contributed by atoms with van der Waals surface area (Å²) in [4.78, 5) is 18.2. The van der Waals surface area contributed by atoms with Crippen molar-refractivity contribution in [3.05, 3.63) is 27.7 Å². The molecule has 1 aromatic carbocycles. The van der Waals surface area contributed by atoms with Gasteiger partial charge in [0.05, 0.1) is 11.6 Å². The summed E-state index contributed by atoms with van der Waals surface area (Å²) in [5.41, 5.74) is 2.30. The lowest BCUT2D eigenvalue weighted by Crippen LogP contribution is -2.53. The Morgan fingerprint density at radius 2 is 2.00 bits per heavy atom. The average molecular weight is 427 g/mol. The van der Waals surface area contributed by atoms with Crippen LogP contribution in [0.3, 0.4) is 0 Å². The summed E-state index contributed by atoms with van der Waals surface area (Å²) in [7, 11) is -3.68. The summed E-state index contributed by atoms with van der Waals surface area (Å²) < 4.78 is 27.3. The Hall–Kier alpha value is -0.870. The second-order valence-electron chi connectivity index (χ2n) is 4.81. The SMILES string of the molecule is CCONC(=O)N1CCN(S(=O)(=O)c2ccc(Br)cc2Cl)CC1. The van der Waals surface area contributed by atoms with Crippen molar-refractivity contribution in [2.24, 2.45) is 0 Å². The molecule has 1 saturated heterocycles. The molecule has 0 bridgehead atoms. The van der Waals surface area contributed by atoms with Crippen LogP contribution in [0.5, 0.6) is 0 Å². The second-order valence-corrected chi connectivity index (χ2v) is 8.04. The number of sulfonamides is 1. The number of hydroxylamine groups is 1. The van der Waals surface area contributed by atoms with Gasteiger partial charge in [-0.05, 0) is 25.1 Å². The van der Waals surface area contributed by atoms with E-state index in [-0.39, 0.29) is 42.1 Å². The standard InChI is InChI=1S/C13H17BrClN3O4S/c1-2-22-16-13(19)17-5-7-18(8-6-17)23(20,21)12-4-3-10(14)9-11(12)15/h3-4,9H,2,5-8H2,1H3,(H,16,19). The molecule has 0 radical (unpaired) electrons. The van der Waals surface area contributed by atoms with Crippen LogP contribution in [0.25, 0.3) is 0 Å². The zero-order valence-corrected chi connectivity index (χ0v) is 15.6. The van der Waals surface area contributed by atoms with E-state index in [0.29, 0.717) is 11.1 Å². The predicted octanol–water partition coefficient (Wildman–Crippen LogP) is 2.07. The Bertz CT molecular complexity index is 678. The maximum Gasteiger partial charge on any atom is 0.341 e. The zero-order valence-electron chi connectivity index (χ0n) is 12.5. The fourth-order valence-corrected chi connectivity index (χ4v) is 4.59. The Balaban J connectivity index is 2.05. The highest BCUT2D eigenvalue weighted by Gasteiger charge is 2.31. The van der Waals surface area contributed by atoms with Gasteiger partial charge in [-0.2, -0.15) is 4.31 Å². The van der Waals surface area contributed by atoms with Crippen molar-refractivity contribution < 1.29 is 18.0 Å². The molecule has 23 heavy (non-hydrogen) atoms. The van der Waals surface area contributed by atoms with Crippen LogP contribution in [0.15, 0.2) is 27.6 Å². The number of benzene rings is 1. The smallest absolute Gasteiger partial charge is 0.320 e. The van der Waals surface area contributed by atoms with Gasteiger partial charge in [-0.1, -0.05) is 27.5 Å². The van der Waals surface area contributed by atoms with E-state index in [1.807, 2.05) is 0 Å². The molecule has 1 N–H and O–H groups in total. The fourth-order valence-electron chi connectivity index (χ4n) is 2.15. The molecule has 0 spiro atoms. The van der Waals surface area contributed by atoms with Crippen molar-refractivity contribution in [3.8, 4) is 0 Å². The number of nitrogens with zero attached hydrogens (tertiary/aromatic N) is 2. The van der Waals surface area contributed by atoms with Gasteiger partial charge in [-0.3, -0.25) is 4.84 Å². The lowest BCUT2D eigenvalue weighted by atomic mass is 10.4. The maximum atomic E-state index is 12.7. The first-order chi connectivity index (χ1) is 10.9. The molecule has 2 rings (SSSR count). The molecule has 2 amide bonds. The van der Waals surface area contributed by atoms with Crippen LogP contribution in [-0.2, 0) is 14.9 Å². The van der Waals surface area contributed by atoms with E-state index in [2.05, 4.69) is 21.4 Å². The molecule has 7 nitrogen and oxygen atoms in total. The minimum Gasteiger partial charge on any atom is -0.320 e. The molecule has 10 heteroatoms. The summed E-state index contributed by atoms with van der Waals surface area (Å²) >= 11 is 9.29. The Morgan fingerprint density at radius 3 is 2.57 bits per heavy atom. The Kier molecular flexibility index (Phi) is 6.26. The van der Waals surface area contributed by atoms with Gasteiger partial charge in [-0.15, -0.1) is 0 Å². The molecule has 0 atom stereocenters. The third-order valence-corrected chi connectivity index (χ3v) is 6.22. The van der Waals surface area contributed by atoms with Crippen LogP contribution in [0.1, 0.15) is 6.92 Å².